The van der Waals surface area contributed by atoms with Crippen molar-refractivity contribution in [2.75, 3.05) is 0 Å². The summed E-state index contributed by atoms with van der Waals surface area (Å²) in [6.07, 6.45) is 0. The van der Waals surface area contributed by atoms with Crippen LogP contribution in [0.1, 0.15) is 0 Å². The third kappa shape index (κ3) is 2.32. The van der Waals surface area contributed by atoms with Gasteiger partial charge in [-0.3, -0.25) is 9.78 Å². The number of nitrogens with one attached hydrogen (secondary N) is 1. The molecule has 1 N–H and O–H groups in total. The highest BCUT2D eigenvalue weighted by molar-refractivity contribution is 14.1. The van der Waals surface area contributed by atoms with Gasteiger partial charge in [0.05, 0.1) is 5.69 Å². The molecule has 0 spiro atoms. The average Bonchev–Trinajstić information content (AvgIpc) is 2.29. The molecule has 0 radical (unpaired) electrons. The number of aromatic nitrogens is 2. The monoisotopic (exact) mass is 400 g/mol. The number of hydrogen-bond acceptors (Lipinski definition) is 2. The number of nitrogens with zero attached hydrogens (tertiary/aromatic N) is 1. The predicted octanol–water partition coefficient (Wildman–Crippen LogP) is 2.58. The summed E-state index contributed by atoms with van der Waals surface area (Å²) in [6.45, 7) is 0. The van der Waals surface area contributed by atoms with E-state index in [1.165, 1.54) is 12.1 Å². The molecule has 0 fully saturated rings. The highest BCUT2D eigenvalue weighted by Crippen LogP contribution is 2.19. The fourth-order valence-electron chi connectivity index (χ4n) is 1.37. The quantitative estimate of drug-likeness (QED) is 0.590. The summed E-state index contributed by atoms with van der Waals surface area (Å²) in [4.78, 5) is 25.4. The van der Waals surface area contributed by atoms with E-state index in [1.54, 1.807) is 6.07 Å². The predicted molar refractivity (Wildman–Crippen MR) is 75.4 cm³/mol. The summed E-state index contributed by atoms with van der Waals surface area (Å²) in [5, 5.41) is -0.160. The van der Waals surface area contributed by atoms with Crippen molar-refractivity contribution in [1.82, 2.24) is 9.55 Å². The first kappa shape index (κ1) is 13.6. The maximum atomic E-state index is 13.4. The molecule has 0 aliphatic heterocycles. The highest BCUT2D eigenvalue weighted by Gasteiger charge is 2.15. The summed E-state index contributed by atoms with van der Waals surface area (Å²) in [7, 11) is 0. The van der Waals surface area contributed by atoms with Gasteiger partial charge in [0.1, 0.15) is 0 Å². The normalized spacial score (nSPS) is 10.7. The molecule has 0 atom stereocenters. The van der Waals surface area contributed by atoms with Gasteiger partial charge in [-0.05, 0) is 40.8 Å². The van der Waals surface area contributed by atoms with Crippen LogP contribution in [0.5, 0.6) is 0 Å². The molecule has 0 aliphatic rings. The molecule has 0 aliphatic carbocycles. The Morgan fingerprint density at radius 2 is 1.94 bits per heavy atom. The van der Waals surface area contributed by atoms with E-state index >= 15 is 0 Å². The minimum atomic E-state index is -1.21. The van der Waals surface area contributed by atoms with Crippen LogP contribution in [0.3, 0.4) is 0 Å². The third-order valence-corrected chi connectivity index (χ3v) is 3.51. The first-order valence-electron chi connectivity index (χ1n) is 4.57. The Labute approximate surface area is 123 Å². The van der Waals surface area contributed by atoms with Gasteiger partial charge in [0.15, 0.2) is 5.15 Å². The van der Waals surface area contributed by atoms with Gasteiger partial charge in [0.2, 0.25) is 5.82 Å². The Kier molecular flexibility index (Phi) is 3.79. The van der Waals surface area contributed by atoms with Gasteiger partial charge in [-0.1, -0.05) is 23.2 Å². The zero-order valence-electron chi connectivity index (χ0n) is 8.51. The molecule has 0 bridgehead atoms. The second-order valence-corrected chi connectivity index (χ2v) is 5.27. The van der Waals surface area contributed by atoms with E-state index in [4.69, 9.17) is 23.2 Å². The molecule has 94 valence electrons. The second kappa shape index (κ2) is 5.02. The Balaban J connectivity index is 2.84. The van der Waals surface area contributed by atoms with Gasteiger partial charge in [-0.15, -0.1) is 0 Å². The summed E-state index contributed by atoms with van der Waals surface area (Å²) in [5.74, 6) is -1.21. The molecule has 0 unspecified atom stereocenters. The molecule has 0 saturated carbocycles. The van der Waals surface area contributed by atoms with E-state index in [2.05, 4.69) is 0 Å². The van der Waals surface area contributed by atoms with E-state index in [9.17, 15) is 14.0 Å². The SMILES string of the molecule is O=c1[nH]c(Cl)c(F)c(=O)n1-c1ccc(Cl)cc1I. The van der Waals surface area contributed by atoms with Crippen LogP contribution in [0.15, 0.2) is 27.8 Å². The lowest BCUT2D eigenvalue weighted by molar-refractivity contribution is 0.584. The first-order chi connectivity index (χ1) is 8.41. The van der Waals surface area contributed by atoms with Crippen molar-refractivity contribution in [2.45, 2.75) is 0 Å². The van der Waals surface area contributed by atoms with Crippen molar-refractivity contribution >= 4 is 45.8 Å². The molecule has 8 heteroatoms. The van der Waals surface area contributed by atoms with E-state index in [-0.39, 0.29) is 5.69 Å². The number of rotatable bonds is 1. The average molecular weight is 401 g/mol. The second-order valence-electron chi connectivity index (χ2n) is 3.29. The number of halogens is 4. The zero-order valence-corrected chi connectivity index (χ0v) is 12.2. The van der Waals surface area contributed by atoms with Crippen LogP contribution < -0.4 is 11.2 Å². The molecule has 2 rings (SSSR count). The summed E-state index contributed by atoms with van der Waals surface area (Å²) < 4.78 is 14.6. The Bertz CT molecular complexity index is 742. The van der Waals surface area contributed by atoms with Crippen molar-refractivity contribution in [3.63, 3.8) is 0 Å². The lowest BCUT2D eigenvalue weighted by atomic mass is 10.3. The summed E-state index contributed by atoms with van der Waals surface area (Å²) in [6, 6.07) is 4.50. The van der Waals surface area contributed by atoms with E-state index in [0.717, 1.165) is 0 Å². The van der Waals surface area contributed by atoms with Crippen LogP contribution in [-0.4, -0.2) is 9.55 Å². The number of hydrogen-bond donors (Lipinski definition) is 1. The van der Waals surface area contributed by atoms with Gasteiger partial charge in [-0.2, -0.15) is 4.39 Å². The number of benzene rings is 1. The van der Waals surface area contributed by atoms with Crippen LogP contribution in [0, 0.1) is 9.39 Å². The molecule has 0 saturated heterocycles. The third-order valence-electron chi connectivity index (χ3n) is 2.15. The fraction of sp³-hybridized carbons (Fsp3) is 0. The standard InChI is InChI=1S/C10H4Cl2FIN2O2/c11-4-1-2-6(5(14)3-4)16-9(17)7(13)8(12)15-10(16)18/h1-3H,(H,15,18). The van der Waals surface area contributed by atoms with Crippen molar-refractivity contribution in [2.24, 2.45) is 0 Å². The van der Waals surface area contributed by atoms with Gasteiger partial charge >= 0.3 is 5.69 Å². The van der Waals surface area contributed by atoms with E-state index in [0.29, 0.717) is 13.2 Å². The lowest BCUT2D eigenvalue weighted by Crippen LogP contribution is -2.36. The van der Waals surface area contributed by atoms with Gasteiger partial charge in [0.25, 0.3) is 5.56 Å². The molecule has 0 amide bonds. The Morgan fingerprint density at radius 1 is 1.28 bits per heavy atom. The van der Waals surface area contributed by atoms with Crippen LogP contribution in [0.2, 0.25) is 10.2 Å². The number of H-pyrrole nitrogens is 1. The van der Waals surface area contributed by atoms with Crippen LogP contribution in [0.25, 0.3) is 5.69 Å². The minimum absolute atomic E-state index is 0.238. The Morgan fingerprint density at radius 3 is 2.56 bits per heavy atom. The van der Waals surface area contributed by atoms with Crippen molar-refractivity contribution < 1.29 is 4.39 Å². The molecule has 2 aromatic rings. The highest BCUT2D eigenvalue weighted by atomic mass is 127. The fourth-order valence-corrected chi connectivity index (χ4v) is 2.64. The molecule has 1 heterocycles. The first-order valence-corrected chi connectivity index (χ1v) is 6.41. The van der Waals surface area contributed by atoms with Crippen LogP contribution in [0.4, 0.5) is 4.39 Å². The van der Waals surface area contributed by atoms with Gasteiger partial charge in [0, 0.05) is 8.59 Å². The maximum Gasteiger partial charge on any atom is 0.334 e. The summed E-state index contributed by atoms with van der Waals surface area (Å²) in [5.41, 5.74) is -1.68. The largest absolute Gasteiger partial charge is 0.334 e. The molecular weight excluding hydrogens is 397 g/mol. The van der Waals surface area contributed by atoms with E-state index < -0.39 is 22.2 Å². The van der Waals surface area contributed by atoms with Crippen molar-refractivity contribution in [3.05, 3.63) is 58.6 Å². The number of aromatic amines is 1. The molecule has 1 aromatic heterocycles. The smallest absolute Gasteiger partial charge is 0.295 e. The molecule has 1 aromatic carbocycles. The summed E-state index contributed by atoms with van der Waals surface area (Å²) >= 11 is 13.0. The van der Waals surface area contributed by atoms with Crippen molar-refractivity contribution in [3.8, 4) is 5.69 Å². The van der Waals surface area contributed by atoms with E-state index in [1.807, 2.05) is 27.6 Å². The maximum absolute atomic E-state index is 13.4. The minimum Gasteiger partial charge on any atom is -0.295 e. The molecule has 4 nitrogen and oxygen atoms in total. The lowest BCUT2D eigenvalue weighted by Gasteiger charge is -2.07. The van der Waals surface area contributed by atoms with Crippen LogP contribution in [-0.2, 0) is 0 Å². The Hall–Kier alpha value is -0.860. The van der Waals surface area contributed by atoms with Crippen molar-refractivity contribution in [1.29, 1.82) is 0 Å². The molecular formula is C10H4Cl2FIN2O2. The van der Waals surface area contributed by atoms with Gasteiger partial charge < -0.3 is 0 Å². The zero-order chi connectivity index (χ0) is 13.4. The topological polar surface area (TPSA) is 54.9 Å². The molecule has 18 heavy (non-hydrogen) atoms. The van der Waals surface area contributed by atoms with Gasteiger partial charge in [-0.25, -0.2) is 9.36 Å². The van der Waals surface area contributed by atoms with Crippen LogP contribution >= 0.6 is 45.8 Å².